The number of halogens is 1. The van der Waals surface area contributed by atoms with Crippen LogP contribution in [0.3, 0.4) is 0 Å². The highest BCUT2D eigenvalue weighted by molar-refractivity contribution is 6.30. The molecule has 0 nitrogen and oxygen atoms in total. The number of rotatable bonds is 3. The summed E-state index contributed by atoms with van der Waals surface area (Å²) in [4.78, 5) is 0. The maximum Gasteiger partial charge on any atom is 0.0408 e. The second kappa shape index (κ2) is 5.18. The molecule has 0 aliphatic carbocycles. The first-order valence-electron chi connectivity index (χ1n) is 5.54. The highest BCUT2D eigenvalue weighted by atomic mass is 35.5. The lowest BCUT2D eigenvalue weighted by Gasteiger charge is -2.03. The van der Waals surface area contributed by atoms with Crippen molar-refractivity contribution in [3.05, 3.63) is 70.2 Å². The Hall–Kier alpha value is -1.27. The molecule has 0 heterocycles. The minimum atomic E-state index is 0.821. The summed E-state index contributed by atoms with van der Waals surface area (Å²) in [5.74, 6) is 0. The second-order valence-corrected chi connectivity index (χ2v) is 4.56. The van der Waals surface area contributed by atoms with Gasteiger partial charge in [0.15, 0.2) is 0 Å². The van der Waals surface area contributed by atoms with Crippen LogP contribution in [0.1, 0.15) is 16.7 Å². The Morgan fingerprint density at radius 1 is 0.875 bits per heavy atom. The van der Waals surface area contributed by atoms with Crippen LogP contribution in [0.2, 0.25) is 5.02 Å². The SMILES string of the molecule is Cc1cccc(CCc2cccc(Cl)c2)c1. The average molecular weight is 231 g/mol. The van der Waals surface area contributed by atoms with E-state index in [0.29, 0.717) is 0 Å². The van der Waals surface area contributed by atoms with Crippen molar-refractivity contribution in [1.82, 2.24) is 0 Å². The molecule has 0 radical (unpaired) electrons. The van der Waals surface area contributed by atoms with Gasteiger partial charge in [-0.1, -0.05) is 53.6 Å². The average Bonchev–Trinajstić information content (AvgIpc) is 2.27. The molecular formula is C15H15Cl. The molecule has 2 rings (SSSR count). The Morgan fingerprint density at radius 2 is 1.50 bits per heavy atom. The van der Waals surface area contributed by atoms with Crippen molar-refractivity contribution in [3.8, 4) is 0 Å². The predicted octanol–water partition coefficient (Wildman–Crippen LogP) is 4.43. The molecule has 16 heavy (non-hydrogen) atoms. The zero-order valence-electron chi connectivity index (χ0n) is 9.41. The first-order valence-corrected chi connectivity index (χ1v) is 5.92. The van der Waals surface area contributed by atoms with Crippen molar-refractivity contribution in [3.63, 3.8) is 0 Å². The molecule has 0 N–H and O–H groups in total. The summed E-state index contributed by atoms with van der Waals surface area (Å²) >= 11 is 5.95. The van der Waals surface area contributed by atoms with Crippen LogP contribution in [0.25, 0.3) is 0 Å². The minimum Gasteiger partial charge on any atom is -0.0843 e. The van der Waals surface area contributed by atoms with Gasteiger partial charge in [-0.25, -0.2) is 0 Å². The first kappa shape index (κ1) is 11.2. The fraction of sp³-hybridized carbons (Fsp3) is 0.200. The third kappa shape index (κ3) is 3.11. The van der Waals surface area contributed by atoms with E-state index >= 15 is 0 Å². The first-order chi connectivity index (χ1) is 7.74. The van der Waals surface area contributed by atoms with Crippen LogP contribution in [0, 0.1) is 6.92 Å². The van der Waals surface area contributed by atoms with E-state index < -0.39 is 0 Å². The number of benzene rings is 2. The maximum absolute atomic E-state index is 5.95. The van der Waals surface area contributed by atoms with Crippen LogP contribution in [0.5, 0.6) is 0 Å². The quantitative estimate of drug-likeness (QED) is 0.732. The molecule has 0 amide bonds. The maximum atomic E-state index is 5.95. The van der Waals surface area contributed by atoms with Gasteiger partial charge in [0.2, 0.25) is 0 Å². The Bertz CT molecular complexity index is 429. The van der Waals surface area contributed by atoms with E-state index in [-0.39, 0.29) is 0 Å². The van der Waals surface area contributed by atoms with Crippen LogP contribution in [-0.4, -0.2) is 0 Å². The van der Waals surface area contributed by atoms with Crippen LogP contribution in [0.15, 0.2) is 48.5 Å². The molecule has 2 aromatic rings. The van der Waals surface area contributed by atoms with Gasteiger partial charge >= 0.3 is 0 Å². The smallest absolute Gasteiger partial charge is 0.0408 e. The predicted molar refractivity (Wildman–Crippen MR) is 70.0 cm³/mol. The zero-order valence-corrected chi connectivity index (χ0v) is 10.2. The molecule has 0 aromatic heterocycles. The van der Waals surface area contributed by atoms with E-state index in [9.17, 15) is 0 Å². The molecule has 1 heteroatoms. The van der Waals surface area contributed by atoms with E-state index in [2.05, 4.69) is 37.3 Å². The van der Waals surface area contributed by atoms with Gasteiger partial charge < -0.3 is 0 Å². The lowest BCUT2D eigenvalue weighted by Crippen LogP contribution is -1.91. The molecule has 0 atom stereocenters. The largest absolute Gasteiger partial charge is 0.0843 e. The molecule has 0 aliphatic rings. The van der Waals surface area contributed by atoms with E-state index in [1.807, 2.05) is 18.2 Å². The minimum absolute atomic E-state index is 0.821. The lowest BCUT2D eigenvalue weighted by molar-refractivity contribution is 0.958. The van der Waals surface area contributed by atoms with E-state index in [1.165, 1.54) is 16.7 Å². The molecule has 0 bridgehead atoms. The van der Waals surface area contributed by atoms with Gasteiger partial charge in [-0.2, -0.15) is 0 Å². The fourth-order valence-corrected chi connectivity index (χ4v) is 2.06. The van der Waals surface area contributed by atoms with Crippen LogP contribution in [-0.2, 0) is 12.8 Å². The van der Waals surface area contributed by atoms with Crippen molar-refractivity contribution in [2.75, 3.05) is 0 Å². The Balaban J connectivity index is 2.02. The van der Waals surface area contributed by atoms with Gasteiger partial charge in [-0.3, -0.25) is 0 Å². The second-order valence-electron chi connectivity index (χ2n) is 4.12. The molecular weight excluding hydrogens is 216 g/mol. The summed E-state index contributed by atoms with van der Waals surface area (Å²) in [5.41, 5.74) is 4.01. The molecule has 0 saturated carbocycles. The molecule has 0 saturated heterocycles. The number of hydrogen-bond acceptors (Lipinski definition) is 0. The Morgan fingerprint density at radius 3 is 2.12 bits per heavy atom. The molecule has 82 valence electrons. The molecule has 0 fully saturated rings. The van der Waals surface area contributed by atoms with Crippen LogP contribution in [0.4, 0.5) is 0 Å². The summed E-state index contributed by atoms with van der Waals surface area (Å²) < 4.78 is 0. The normalized spacial score (nSPS) is 10.4. The molecule has 2 aromatic carbocycles. The zero-order chi connectivity index (χ0) is 11.4. The van der Waals surface area contributed by atoms with E-state index in [4.69, 9.17) is 11.6 Å². The van der Waals surface area contributed by atoms with Crippen molar-refractivity contribution in [1.29, 1.82) is 0 Å². The van der Waals surface area contributed by atoms with Gasteiger partial charge in [0.25, 0.3) is 0 Å². The van der Waals surface area contributed by atoms with Gasteiger partial charge in [0.05, 0.1) is 0 Å². The van der Waals surface area contributed by atoms with Crippen LogP contribution >= 0.6 is 11.6 Å². The van der Waals surface area contributed by atoms with Gasteiger partial charge in [-0.15, -0.1) is 0 Å². The topological polar surface area (TPSA) is 0 Å². The summed E-state index contributed by atoms with van der Waals surface area (Å²) in [6.45, 7) is 2.13. The van der Waals surface area contributed by atoms with Gasteiger partial charge in [-0.05, 0) is 43.0 Å². The fourth-order valence-electron chi connectivity index (χ4n) is 1.85. The Labute approximate surface area is 102 Å². The monoisotopic (exact) mass is 230 g/mol. The van der Waals surface area contributed by atoms with E-state index in [1.54, 1.807) is 0 Å². The Kier molecular flexibility index (Phi) is 3.63. The van der Waals surface area contributed by atoms with Crippen molar-refractivity contribution in [2.24, 2.45) is 0 Å². The summed E-state index contributed by atoms with van der Waals surface area (Å²) in [5, 5.41) is 0.821. The van der Waals surface area contributed by atoms with Gasteiger partial charge in [0, 0.05) is 5.02 Å². The van der Waals surface area contributed by atoms with Crippen molar-refractivity contribution >= 4 is 11.6 Å². The van der Waals surface area contributed by atoms with Gasteiger partial charge in [0.1, 0.15) is 0 Å². The van der Waals surface area contributed by atoms with E-state index in [0.717, 1.165) is 17.9 Å². The number of aryl methyl sites for hydroxylation is 3. The third-order valence-electron chi connectivity index (χ3n) is 2.67. The summed E-state index contributed by atoms with van der Waals surface area (Å²) in [7, 11) is 0. The lowest BCUT2D eigenvalue weighted by atomic mass is 10.0. The highest BCUT2D eigenvalue weighted by Crippen LogP contribution is 2.13. The highest BCUT2D eigenvalue weighted by Gasteiger charge is 1.97. The van der Waals surface area contributed by atoms with Crippen molar-refractivity contribution < 1.29 is 0 Å². The molecule has 0 aliphatic heterocycles. The van der Waals surface area contributed by atoms with Crippen molar-refractivity contribution in [2.45, 2.75) is 19.8 Å². The third-order valence-corrected chi connectivity index (χ3v) is 2.91. The molecule has 0 spiro atoms. The molecule has 0 unspecified atom stereocenters. The number of hydrogen-bond donors (Lipinski definition) is 0. The van der Waals surface area contributed by atoms with Crippen LogP contribution < -0.4 is 0 Å². The summed E-state index contributed by atoms with van der Waals surface area (Å²) in [6, 6.07) is 16.7. The summed E-state index contributed by atoms with van der Waals surface area (Å²) in [6.07, 6.45) is 2.12. The standard InChI is InChI=1S/C15H15Cl/c1-12-4-2-5-13(10-12)8-9-14-6-3-7-15(16)11-14/h2-7,10-11H,8-9H2,1H3.